The van der Waals surface area contributed by atoms with Crippen LogP contribution in [0.4, 0.5) is 4.79 Å². The molecule has 0 saturated carbocycles. The van der Waals surface area contributed by atoms with E-state index in [-0.39, 0.29) is 31.1 Å². The number of hydrogen-bond donors (Lipinski definition) is 6. The van der Waals surface area contributed by atoms with Gasteiger partial charge in [-0.25, -0.2) is 4.79 Å². The maximum Gasteiger partial charge on any atom is 0.405 e. The lowest BCUT2D eigenvalue weighted by molar-refractivity contribution is -0.132. The van der Waals surface area contributed by atoms with E-state index in [9.17, 15) is 29.4 Å². The first-order valence-electron chi connectivity index (χ1n) is 14.1. The van der Waals surface area contributed by atoms with Gasteiger partial charge in [-0.3, -0.25) is 14.4 Å². The van der Waals surface area contributed by atoms with Crippen LogP contribution in [0.5, 0.6) is 0 Å². The highest BCUT2D eigenvalue weighted by Crippen LogP contribution is 2.16. The summed E-state index contributed by atoms with van der Waals surface area (Å²) in [6.45, 7) is 5.68. The largest absolute Gasteiger partial charge is 0.465 e. The van der Waals surface area contributed by atoms with Crippen LogP contribution in [0.15, 0.2) is 60.7 Å². The normalized spacial score (nSPS) is 14.6. The van der Waals surface area contributed by atoms with Crippen LogP contribution in [0, 0.1) is 11.8 Å². The van der Waals surface area contributed by atoms with E-state index in [0.717, 1.165) is 11.1 Å². The molecule has 0 heterocycles. The molecule has 0 fully saturated rings. The zero-order valence-corrected chi connectivity index (χ0v) is 25.5. The Kier molecular flexibility index (Phi) is 14.9. The summed E-state index contributed by atoms with van der Waals surface area (Å²) in [6.07, 6.45) is 0.0124. The van der Waals surface area contributed by atoms with Crippen LogP contribution in [-0.2, 0) is 27.3 Å². The number of nitrogens with one attached hydrogen (secondary N) is 4. The molecule has 0 aliphatic rings. The van der Waals surface area contributed by atoms with Crippen molar-refractivity contribution in [3.05, 3.63) is 71.8 Å². The molecule has 5 atom stereocenters. The van der Waals surface area contributed by atoms with E-state index < -0.39 is 48.1 Å². The Morgan fingerprint density at radius 2 is 1.40 bits per heavy atom. The van der Waals surface area contributed by atoms with Gasteiger partial charge in [-0.05, 0) is 48.3 Å². The van der Waals surface area contributed by atoms with Crippen LogP contribution in [0.2, 0.25) is 0 Å². The van der Waals surface area contributed by atoms with Crippen LogP contribution >= 0.6 is 11.8 Å². The summed E-state index contributed by atoms with van der Waals surface area (Å²) in [5.74, 6) is -1.52. The minimum absolute atomic E-state index is 0.0158. The lowest BCUT2D eigenvalue weighted by Gasteiger charge is -2.29. The van der Waals surface area contributed by atoms with Gasteiger partial charge in [0.15, 0.2) is 0 Å². The molecule has 4 amide bonds. The number of rotatable bonds is 17. The summed E-state index contributed by atoms with van der Waals surface area (Å²) in [5.41, 5.74) is 1.80. The molecular formula is C31H44N4O6S. The van der Waals surface area contributed by atoms with E-state index in [2.05, 4.69) is 21.3 Å². The van der Waals surface area contributed by atoms with E-state index in [1.165, 1.54) is 11.8 Å². The predicted octanol–water partition coefficient (Wildman–Crippen LogP) is 2.95. The van der Waals surface area contributed by atoms with Crippen molar-refractivity contribution in [1.29, 1.82) is 0 Å². The molecule has 0 aliphatic heterocycles. The van der Waals surface area contributed by atoms with Crippen LogP contribution in [0.3, 0.4) is 0 Å². The average molecular weight is 601 g/mol. The number of amides is 4. The Labute approximate surface area is 252 Å². The molecule has 2 rings (SSSR count). The van der Waals surface area contributed by atoms with Crippen LogP contribution in [0.25, 0.3) is 0 Å². The molecule has 0 bridgehead atoms. The fraction of sp³-hybridized carbons (Fsp3) is 0.484. The SMILES string of the molecule is CSCC[C@H](NC(=O)O)C(=O)N[C@@H](Cc1ccccc1)[C@@H](O)C[C@@H](C)C(=O)N[C@H](C(=O)NCc1ccccc1)C(C)C. The van der Waals surface area contributed by atoms with Gasteiger partial charge in [0.2, 0.25) is 17.7 Å². The van der Waals surface area contributed by atoms with E-state index in [1.54, 1.807) is 6.92 Å². The molecule has 0 radical (unpaired) electrons. The predicted molar refractivity (Wildman–Crippen MR) is 165 cm³/mol. The zero-order chi connectivity index (χ0) is 31.1. The lowest BCUT2D eigenvalue weighted by Crippen LogP contribution is -2.54. The molecule has 0 aromatic heterocycles. The third kappa shape index (κ3) is 12.1. The molecule has 2 aromatic rings. The topological polar surface area (TPSA) is 157 Å². The second-order valence-electron chi connectivity index (χ2n) is 10.7. The highest BCUT2D eigenvalue weighted by Gasteiger charge is 2.31. The molecule has 10 nitrogen and oxygen atoms in total. The highest BCUT2D eigenvalue weighted by molar-refractivity contribution is 7.98. The monoisotopic (exact) mass is 600 g/mol. The molecule has 2 aromatic carbocycles. The van der Waals surface area contributed by atoms with Gasteiger partial charge in [-0.15, -0.1) is 0 Å². The number of thioether (sulfide) groups is 1. The maximum atomic E-state index is 13.2. The molecule has 230 valence electrons. The Balaban J connectivity index is 2.09. The first kappa shape index (κ1) is 34.6. The van der Waals surface area contributed by atoms with Gasteiger partial charge in [-0.2, -0.15) is 11.8 Å². The average Bonchev–Trinajstić information content (AvgIpc) is 2.96. The van der Waals surface area contributed by atoms with E-state index >= 15 is 0 Å². The zero-order valence-electron chi connectivity index (χ0n) is 24.7. The van der Waals surface area contributed by atoms with Gasteiger partial charge in [0.25, 0.3) is 0 Å². The summed E-state index contributed by atoms with van der Waals surface area (Å²) < 4.78 is 0. The Bertz CT molecular complexity index is 1130. The molecule has 0 unspecified atom stereocenters. The van der Waals surface area contributed by atoms with Crippen LogP contribution in [-0.4, -0.2) is 70.3 Å². The number of hydrogen-bond acceptors (Lipinski definition) is 6. The third-order valence-corrected chi connectivity index (χ3v) is 7.56. The van der Waals surface area contributed by atoms with Gasteiger partial charge in [0.1, 0.15) is 12.1 Å². The van der Waals surface area contributed by atoms with Crippen molar-refractivity contribution < 1.29 is 29.4 Å². The summed E-state index contributed by atoms with van der Waals surface area (Å²) in [6, 6.07) is 16.2. The fourth-order valence-electron chi connectivity index (χ4n) is 4.45. The minimum Gasteiger partial charge on any atom is -0.465 e. The molecule has 0 aliphatic carbocycles. The first-order chi connectivity index (χ1) is 20.0. The van der Waals surface area contributed by atoms with Gasteiger partial charge in [0.05, 0.1) is 12.1 Å². The van der Waals surface area contributed by atoms with Crippen LogP contribution < -0.4 is 21.3 Å². The van der Waals surface area contributed by atoms with E-state index in [1.807, 2.05) is 80.8 Å². The second kappa shape index (κ2) is 18.1. The second-order valence-corrected chi connectivity index (χ2v) is 11.7. The Morgan fingerprint density at radius 3 is 1.95 bits per heavy atom. The van der Waals surface area contributed by atoms with Crippen molar-refractivity contribution in [2.45, 2.75) is 70.8 Å². The van der Waals surface area contributed by atoms with Gasteiger partial charge >= 0.3 is 6.09 Å². The number of benzene rings is 2. The van der Waals surface area contributed by atoms with Gasteiger partial charge < -0.3 is 31.5 Å². The highest BCUT2D eigenvalue weighted by atomic mass is 32.2. The number of carbonyl (C=O) groups is 4. The van der Waals surface area contributed by atoms with Crippen molar-refractivity contribution in [3.63, 3.8) is 0 Å². The lowest BCUT2D eigenvalue weighted by atomic mass is 9.92. The molecule has 0 spiro atoms. The number of carboxylic acid groups (broad SMARTS) is 1. The molecule has 0 saturated heterocycles. The van der Waals surface area contributed by atoms with Crippen molar-refractivity contribution in [3.8, 4) is 0 Å². The van der Waals surface area contributed by atoms with Crippen molar-refractivity contribution in [1.82, 2.24) is 21.3 Å². The quantitative estimate of drug-likeness (QED) is 0.163. The molecule has 42 heavy (non-hydrogen) atoms. The Morgan fingerprint density at radius 1 is 0.810 bits per heavy atom. The number of aliphatic hydroxyl groups excluding tert-OH is 1. The molecule has 11 heteroatoms. The van der Waals surface area contributed by atoms with E-state index in [0.29, 0.717) is 12.3 Å². The smallest absolute Gasteiger partial charge is 0.405 e. The van der Waals surface area contributed by atoms with Crippen molar-refractivity contribution in [2.24, 2.45) is 11.8 Å². The third-order valence-electron chi connectivity index (χ3n) is 6.91. The first-order valence-corrected chi connectivity index (χ1v) is 15.5. The maximum absolute atomic E-state index is 13.2. The minimum atomic E-state index is -1.31. The van der Waals surface area contributed by atoms with Crippen molar-refractivity contribution in [2.75, 3.05) is 12.0 Å². The van der Waals surface area contributed by atoms with Crippen molar-refractivity contribution >= 4 is 35.6 Å². The summed E-state index contributed by atoms with van der Waals surface area (Å²) in [4.78, 5) is 50.4. The number of carbonyl (C=O) groups excluding carboxylic acids is 3. The van der Waals surface area contributed by atoms with Gasteiger partial charge in [0, 0.05) is 12.5 Å². The Hall–Kier alpha value is -3.57. The van der Waals surface area contributed by atoms with E-state index in [4.69, 9.17) is 0 Å². The fourth-order valence-corrected chi connectivity index (χ4v) is 4.92. The molecule has 6 N–H and O–H groups in total. The summed E-state index contributed by atoms with van der Waals surface area (Å²) in [7, 11) is 0. The van der Waals surface area contributed by atoms with Crippen LogP contribution in [0.1, 0.15) is 44.7 Å². The number of aliphatic hydroxyl groups is 1. The summed E-state index contributed by atoms with van der Waals surface area (Å²) in [5, 5.41) is 31.2. The molecular weight excluding hydrogens is 556 g/mol. The summed E-state index contributed by atoms with van der Waals surface area (Å²) >= 11 is 1.49. The standard InChI is InChI=1S/C31H44N4O6S/c1-20(2)27(30(39)32-19-23-13-9-6-10-14-23)35-28(37)21(3)17-26(36)25(18-22-11-7-5-8-12-22)33-29(38)24(15-16-42-4)34-31(40)41/h5-14,20-21,24-27,34,36H,15-19H2,1-4H3,(H,32,39)(H,33,38)(H,35,37)(H,40,41)/t21-,24+,25+,26+,27+/m1/s1. The van der Waals surface area contributed by atoms with Gasteiger partial charge in [-0.1, -0.05) is 81.4 Å².